The molecule has 1 saturated heterocycles. The second-order valence-electron chi connectivity index (χ2n) is 6.20. The molecular weight excluding hydrogens is 323 g/mol. The van der Waals surface area contributed by atoms with Gasteiger partial charge < -0.3 is 19.5 Å². The van der Waals surface area contributed by atoms with E-state index in [-0.39, 0.29) is 25.6 Å². The van der Waals surface area contributed by atoms with E-state index in [2.05, 4.69) is 5.32 Å². The van der Waals surface area contributed by atoms with E-state index in [4.69, 9.17) is 14.2 Å². The van der Waals surface area contributed by atoms with Crippen LogP contribution in [0.4, 0.5) is 13.2 Å². The molecule has 0 spiro atoms. The molecule has 7 heteroatoms. The number of halogens is 3. The van der Waals surface area contributed by atoms with Crippen LogP contribution in [0.25, 0.3) is 0 Å². The Kier molecular flexibility index (Phi) is 11.7. The molecule has 0 amide bonds. The van der Waals surface area contributed by atoms with Crippen LogP contribution in [0, 0.1) is 5.92 Å². The molecule has 1 rings (SSSR count). The Balaban J connectivity index is 2.07. The zero-order valence-corrected chi connectivity index (χ0v) is 14.7. The molecule has 0 bridgehead atoms. The Hall–Kier alpha value is -0.370. The number of rotatable bonds is 13. The summed E-state index contributed by atoms with van der Waals surface area (Å²) in [6.45, 7) is 5.79. The number of unbranched alkanes of at least 4 members (excludes halogenated alkanes) is 2. The highest BCUT2D eigenvalue weighted by atomic mass is 19.4. The Morgan fingerprint density at radius 1 is 0.958 bits per heavy atom. The summed E-state index contributed by atoms with van der Waals surface area (Å²) in [6.07, 6.45) is -1.46. The Morgan fingerprint density at radius 3 is 2.25 bits per heavy atom. The second kappa shape index (κ2) is 12.9. The Labute approximate surface area is 143 Å². The van der Waals surface area contributed by atoms with Crippen LogP contribution in [0.5, 0.6) is 0 Å². The number of nitrogens with one attached hydrogen (secondary N) is 1. The molecule has 0 aromatic carbocycles. The molecular formula is C17H32F3NO3. The van der Waals surface area contributed by atoms with Crippen LogP contribution >= 0.6 is 0 Å². The number of hydrogen-bond acceptors (Lipinski definition) is 4. The maximum Gasteiger partial charge on any atom is 0.414 e. The quantitative estimate of drug-likeness (QED) is 0.513. The molecule has 1 fully saturated rings. The average molecular weight is 355 g/mol. The van der Waals surface area contributed by atoms with E-state index in [9.17, 15) is 13.2 Å². The van der Waals surface area contributed by atoms with Gasteiger partial charge in [-0.2, -0.15) is 13.2 Å². The molecule has 1 atom stereocenters. The van der Waals surface area contributed by atoms with Gasteiger partial charge in [0.1, 0.15) is 0 Å². The van der Waals surface area contributed by atoms with E-state index in [1.165, 1.54) is 0 Å². The van der Waals surface area contributed by atoms with E-state index in [0.29, 0.717) is 6.61 Å². The third-order valence-electron chi connectivity index (χ3n) is 4.20. The van der Waals surface area contributed by atoms with Crippen molar-refractivity contribution >= 4 is 0 Å². The van der Waals surface area contributed by atoms with Crippen molar-refractivity contribution in [1.82, 2.24) is 5.32 Å². The highest BCUT2D eigenvalue weighted by Gasteiger charge is 2.41. The van der Waals surface area contributed by atoms with Gasteiger partial charge in [-0.1, -0.05) is 0 Å². The predicted molar refractivity (Wildman–Crippen MR) is 87.2 cm³/mol. The van der Waals surface area contributed by atoms with Gasteiger partial charge in [0.05, 0.1) is 13.2 Å². The van der Waals surface area contributed by atoms with Crippen molar-refractivity contribution in [2.24, 2.45) is 5.92 Å². The van der Waals surface area contributed by atoms with Crippen molar-refractivity contribution in [3.8, 4) is 0 Å². The minimum absolute atomic E-state index is 0.00586. The van der Waals surface area contributed by atoms with Crippen molar-refractivity contribution in [3.05, 3.63) is 0 Å². The fourth-order valence-electron chi connectivity index (χ4n) is 2.80. The maximum atomic E-state index is 13.1. The highest BCUT2D eigenvalue weighted by molar-refractivity contribution is 4.76. The van der Waals surface area contributed by atoms with Crippen molar-refractivity contribution in [3.63, 3.8) is 0 Å². The lowest BCUT2D eigenvalue weighted by atomic mass is 9.92. The van der Waals surface area contributed by atoms with Crippen molar-refractivity contribution in [2.75, 3.05) is 46.1 Å². The Bertz CT molecular complexity index is 297. The molecule has 0 aromatic rings. The van der Waals surface area contributed by atoms with Crippen LogP contribution in [-0.4, -0.2) is 58.4 Å². The normalized spacial score (nSPS) is 18.0. The van der Waals surface area contributed by atoms with Gasteiger partial charge >= 0.3 is 6.18 Å². The van der Waals surface area contributed by atoms with Gasteiger partial charge in [-0.3, -0.25) is 0 Å². The van der Waals surface area contributed by atoms with Crippen LogP contribution in [0.3, 0.4) is 0 Å². The molecule has 1 heterocycles. The summed E-state index contributed by atoms with van der Waals surface area (Å²) in [5.74, 6) is 0.0872. The molecule has 0 aliphatic carbocycles. The van der Waals surface area contributed by atoms with Crippen LogP contribution < -0.4 is 5.32 Å². The molecule has 4 nitrogen and oxygen atoms in total. The SMILES string of the molecule is CCOCCCCCOCCOC(CC1CCNCC1)C(F)(F)F. The van der Waals surface area contributed by atoms with Crippen LogP contribution in [0.1, 0.15) is 45.4 Å². The largest absolute Gasteiger partial charge is 0.414 e. The summed E-state index contributed by atoms with van der Waals surface area (Å²) in [5.41, 5.74) is 0. The van der Waals surface area contributed by atoms with E-state index < -0.39 is 12.3 Å². The first-order chi connectivity index (χ1) is 11.5. The van der Waals surface area contributed by atoms with Gasteiger partial charge in [0.2, 0.25) is 0 Å². The van der Waals surface area contributed by atoms with Crippen LogP contribution in [-0.2, 0) is 14.2 Å². The molecule has 0 saturated carbocycles. The topological polar surface area (TPSA) is 39.7 Å². The number of hydrogen-bond donors (Lipinski definition) is 1. The summed E-state index contributed by atoms with van der Waals surface area (Å²) in [4.78, 5) is 0. The first kappa shape index (κ1) is 21.7. The fourth-order valence-corrected chi connectivity index (χ4v) is 2.80. The highest BCUT2D eigenvalue weighted by Crippen LogP contribution is 2.30. The minimum Gasteiger partial charge on any atom is -0.382 e. The van der Waals surface area contributed by atoms with E-state index >= 15 is 0 Å². The van der Waals surface area contributed by atoms with Crippen molar-refractivity contribution in [2.45, 2.75) is 57.7 Å². The van der Waals surface area contributed by atoms with E-state index in [1.807, 2.05) is 6.92 Å². The second-order valence-corrected chi connectivity index (χ2v) is 6.20. The third kappa shape index (κ3) is 10.5. The van der Waals surface area contributed by atoms with Gasteiger partial charge in [0.25, 0.3) is 0 Å². The van der Waals surface area contributed by atoms with Gasteiger partial charge in [-0.15, -0.1) is 0 Å². The lowest BCUT2D eigenvalue weighted by Crippen LogP contribution is -2.37. The zero-order chi connectivity index (χ0) is 17.7. The van der Waals surface area contributed by atoms with Gasteiger partial charge in [0, 0.05) is 19.8 Å². The molecule has 1 aliphatic rings. The third-order valence-corrected chi connectivity index (χ3v) is 4.20. The molecule has 1 N–H and O–H groups in total. The number of piperidine rings is 1. The minimum atomic E-state index is -4.30. The molecule has 144 valence electrons. The summed E-state index contributed by atoms with van der Waals surface area (Å²) in [5, 5.41) is 3.16. The number of ether oxygens (including phenoxy) is 3. The molecule has 0 radical (unpaired) electrons. The lowest BCUT2D eigenvalue weighted by Gasteiger charge is -2.28. The molecule has 1 aliphatic heterocycles. The first-order valence-electron chi connectivity index (χ1n) is 9.08. The van der Waals surface area contributed by atoms with E-state index in [0.717, 1.165) is 58.4 Å². The number of alkyl halides is 3. The van der Waals surface area contributed by atoms with Gasteiger partial charge in [-0.05, 0) is 64.5 Å². The summed E-state index contributed by atoms with van der Waals surface area (Å²) in [6, 6.07) is 0. The van der Waals surface area contributed by atoms with Crippen molar-refractivity contribution in [1.29, 1.82) is 0 Å². The summed E-state index contributed by atoms with van der Waals surface area (Å²) < 4.78 is 54.8. The smallest absolute Gasteiger partial charge is 0.382 e. The summed E-state index contributed by atoms with van der Waals surface area (Å²) >= 11 is 0. The lowest BCUT2D eigenvalue weighted by molar-refractivity contribution is -0.228. The molecule has 24 heavy (non-hydrogen) atoms. The van der Waals surface area contributed by atoms with Crippen LogP contribution in [0.15, 0.2) is 0 Å². The van der Waals surface area contributed by atoms with E-state index in [1.54, 1.807) is 0 Å². The fraction of sp³-hybridized carbons (Fsp3) is 1.00. The Morgan fingerprint density at radius 2 is 1.62 bits per heavy atom. The zero-order valence-electron chi connectivity index (χ0n) is 14.7. The molecule has 0 aromatic heterocycles. The monoisotopic (exact) mass is 355 g/mol. The van der Waals surface area contributed by atoms with Gasteiger partial charge in [0.15, 0.2) is 6.10 Å². The van der Waals surface area contributed by atoms with Crippen LogP contribution in [0.2, 0.25) is 0 Å². The first-order valence-corrected chi connectivity index (χ1v) is 9.08. The average Bonchev–Trinajstić information content (AvgIpc) is 2.55. The predicted octanol–water partition coefficient (Wildman–Crippen LogP) is 3.55. The molecule has 1 unspecified atom stereocenters. The van der Waals surface area contributed by atoms with Crippen molar-refractivity contribution < 1.29 is 27.4 Å². The van der Waals surface area contributed by atoms with Gasteiger partial charge in [-0.25, -0.2) is 0 Å². The maximum absolute atomic E-state index is 13.1. The summed E-state index contributed by atoms with van der Waals surface area (Å²) in [7, 11) is 0. The standard InChI is InChI=1S/C17H32F3NO3/c1-2-22-10-4-3-5-11-23-12-13-24-16(17(18,19)20)14-15-6-8-21-9-7-15/h15-16,21H,2-14H2,1H3.